The summed E-state index contributed by atoms with van der Waals surface area (Å²) in [6.45, 7) is 7.21. The van der Waals surface area contributed by atoms with Crippen molar-refractivity contribution in [1.82, 2.24) is 14.1 Å². The second-order valence-electron chi connectivity index (χ2n) is 8.35. The van der Waals surface area contributed by atoms with Crippen molar-refractivity contribution in [1.29, 1.82) is 0 Å². The first-order valence-electron chi connectivity index (χ1n) is 10.4. The lowest BCUT2D eigenvalue weighted by Crippen LogP contribution is -2.39. The molecule has 11 heteroatoms. The molecule has 1 heterocycles. The molecule has 182 valence electrons. The van der Waals surface area contributed by atoms with E-state index in [-0.39, 0.29) is 10.9 Å². The fourth-order valence-corrected chi connectivity index (χ4v) is 5.78. The molecule has 0 fully saturated rings. The number of aryl methyl sites for hydroxylation is 1. The molecule has 0 aliphatic rings. The summed E-state index contributed by atoms with van der Waals surface area (Å²) in [5.41, 5.74) is 0.784. The third-order valence-electron chi connectivity index (χ3n) is 5.09. The first-order valence-corrected chi connectivity index (χ1v) is 14.0. The van der Waals surface area contributed by atoms with E-state index in [1.165, 1.54) is 0 Å². The predicted molar refractivity (Wildman–Crippen MR) is 143 cm³/mol. The molecule has 0 saturated carbocycles. The van der Waals surface area contributed by atoms with Gasteiger partial charge in [-0.1, -0.05) is 34.2 Å². The van der Waals surface area contributed by atoms with Crippen molar-refractivity contribution < 1.29 is 13.5 Å². The molecule has 0 bridgehead atoms. The summed E-state index contributed by atoms with van der Waals surface area (Å²) in [5.74, 6) is 4.90. The maximum Gasteiger partial charge on any atom is 0.249 e. The molecule has 0 spiro atoms. The number of aliphatic hydroxyl groups is 1. The number of hydrogen-bond acceptors (Lipinski definition) is 7. The Kier molecular flexibility index (Phi) is 8.14. The number of nitrogens with zero attached hydrogens (tertiary/aromatic N) is 2. The van der Waals surface area contributed by atoms with E-state index in [0.717, 1.165) is 16.1 Å². The molecular formula is C23H28BrN5O3S2. The molecule has 0 saturated heterocycles. The van der Waals surface area contributed by atoms with Gasteiger partial charge in [-0.25, -0.2) is 13.4 Å². The molecule has 8 nitrogen and oxygen atoms in total. The van der Waals surface area contributed by atoms with Crippen LogP contribution in [0.4, 0.5) is 17.5 Å². The van der Waals surface area contributed by atoms with Gasteiger partial charge in [-0.15, -0.1) is 0 Å². The van der Waals surface area contributed by atoms with E-state index in [1.54, 1.807) is 68.6 Å². The predicted octanol–water partition coefficient (Wildman–Crippen LogP) is 4.82. The Hall–Kier alpha value is -2.31. The Morgan fingerprint density at radius 2 is 1.74 bits per heavy atom. The van der Waals surface area contributed by atoms with Gasteiger partial charge in [0.25, 0.3) is 0 Å². The van der Waals surface area contributed by atoms with E-state index in [1.807, 2.05) is 13.8 Å². The summed E-state index contributed by atoms with van der Waals surface area (Å²) < 4.78 is 28.6. The number of aromatic nitrogens is 2. The number of sulfonamides is 1. The lowest BCUT2D eigenvalue weighted by Gasteiger charge is -2.27. The highest BCUT2D eigenvalue weighted by Crippen LogP contribution is 2.28. The van der Waals surface area contributed by atoms with Crippen LogP contribution in [0.2, 0.25) is 0 Å². The van der Waals surface area contributed by atoms with E-state index in [0.29, 0.717) is 16.2 Å². The Balaban J connectivity index is 1.69. The van der Waals surface area contributed by atoms with Crippen LogP contribution < -0.4 is 14.8 Å². The van der Waals surface area contributed by atoms with Gasteiger partial charge < -0.3 is 15.7 Å². The van der Waals surface area contributed by atoms with Gasteiger partial charge in [0.2, 0.25) is 16.0 Å². The maximum absolute atomic E-state index is 12.6. The minimum Gasteiger partial charge on any atom is -0.388 e. The van der Waals surface area contributed by atoms with E-state index in [9.17, 15) is 13.5 Å². The number of rotatable bonds is 9. The highest BCUT2D eigenvalue weighted by atomic mass is 79.9. The van der Waals surface area contributed by atoms with Gasteiger partial charge in [0.05, 0.1) is 21.0 Å². The average molecular weight is 567 g/mol. The molecule has 2 atom stereocenters. The molecular weight excluding hydrogens is 538 g/mol. The summed E-state index contributed by atoms with van der Waals surface area (Å²) in [6.07, 6.45) is 1.62. The standard InChI is InChI=1S/C23H28BrN5O3S2/c1-15-6-12-19(13-7-15)34(31,32)29-33(5)18-10-8-17(9-11-18)27-22-25-14-20(24)21(28-22)26-16(2)23(3,4)30/h6-14,16,29-30H,5H2,1-4H3,(H2,25,26,27,28)/t16-,33?/m1/s1. The van der Waals surface area contributed by atoms with E-state index >= 15 is 0 Å². The van der Waals surface area contributed by atoms with E-state index < -0.39 is 26.3 Å². The topological polar surface area (TPSA) is 116 Å². The molecule has 0 aliphatic heterocycles. The van der Waals surface area contributed by atoms with Crippen molar-refractivity contribution >= 4 is 59.9 Å². The third kappa shape index (κ3) is 6.86. The fraction of sp³-hybridized carbons (Fsp3) is 0.261. The summed E-state index contributed by atoms with van der Waals surface area (Å²) in [7, 11) is -4.65. The maximum atomic E-state index is 12.6. The average Bonchev–Trinajstić information content (AvgIpc) is 2.76. The number of benzene rings is 2. The number of nitrogens with one attached hydrogen (secondary N) is 3. The van der Waals surface area contributed by atoms with Gasteiger partial charge in [0.1, 0.15) is 5.82 Å². The molecule has 0 amide bonds. The molecule has 3 rings (SSSR count). The lowest BCUT2D eigenvalue weighted by atomic mass is 10.0. The fourth-order valence-electron chi connectivity index (χ4n) is 2.69. The zero-order valence-electron chi connectivity index (χ0n) is 19.3. The van der Waals surface area contributed by atoms with Crippen LogP contribution in [-0.2, 0) is 10.0 Å². The second-order valence-corrected chi connectivity index (χ2v) is 12.6. The quantitative estimate of drug-likeness (QED) is 0.275. The zero-order chi connectivity index (χ0) is 25.1. The van der Waals surface area contributed by atoms with Crippen LogP contribution in [-0.4, -0.2) is 41.0 Å². The van der Waals surface area contributed by atoms with Crippen LogP contribution in [0, 0.1) is 6.92 Å². The molecule has 1 unspecified atom stereocenters. The number of halogens is 1. The van der Waals surface area contributed by atoms with Crippen LogP contribution >= 0.6 is 26.6 Å². The second kappa shape index (κ2) is 10.5. The van der Waals surface area contributed by atoms with Crippen molar-refractivity contribution in [2.75, 3.05) is 10.6 Å². The highest BCUT2D eigenvalue weighted by molar-refractivity contribution is 9.10. The molecule has 4 N–H and O–H groups in total. The Morgan fingerprint density at radius 1 is 1.12 bits per heavy atom. The highest BCUT2D eigenvalue weighted by Gasteiger charge is 2.23. The molecule has 3 aromatic rings. The normalized spacial score (nSPS) is 13.8. The van der Waals surface area contributed by atoms with E-state index in [2.05, 4.69) is 46.5 Å². The molecule has 34 heavy (non-hydrogen) atoms. The van der Waals surface area contributed by atoms with E-state index in [4.69, 9.17) is 0 Å². The lowest BCUT2D eigenvalue weighted by molar-refractivity contribution is 0.0647. The Morgan fingerprint density at radius 3 is 2.32 bits per heavy atom. The molecule has 1 aromatic heterocycles. The summed E-state index contributed by atoms with van der Waals surface area (Å²) >= 11 is 3.42. The van der Waals surface area contributed by atoms with Crippen molar-refractivity contribution in [2.24, 2.45) is 0 Å². The first-order chi connectivity index (χ1) is 15.8. The minimum absolute atomic E-state index is 0.202. The van der Waals surface area contributed by atoms with Gasteiger partial charge in [0.15, 0.2) is 0 Å². The molecule has 0 aliphatic carbocycles. The number of anilines is 3. The monoisotopic (exact) mass is 565 g/mol. The molecule has 2 aromatic carbocycles. The largest absolute Gasteiger partial charge is 0.388 e. The summed E-state index contributed by atoms with van der Waals surface area (Å²) in [4.78, 5) is 9.69. The number of hydrogen-bond donors (Lipinski definition) is 4. The van der Waals surface area contributed by atoms with Crippen LogP contribution in [0.5, 0.6) is 0 Å². The van der Waals surface area contributed by atoms with Gasteiger partial charge in [-0.05, 0) is 80.0 Å². The van der Waals surface area contributed by atoms with Crippen molar-refractivity contribution in [3.05, 3.63) is 64.8 Å². The van der Waals surface area contributed by atoms with Gasteiger partial charge in [-0.2, -0.15) is 9.11 Å². The third-order valence-corrected chi connectivity index (χ3v) is 9.09. The van der Waals surface area contributed by atoms with Gasteiger partial charge >= 0.3 is 0 Å². The molecule has 0 radical (unpaired) electrons. The Bertz CT molecular complexity index is 1280. The van der Waals surface area contributed by atoms with Crippen LogP contribution in [0.1, 0.15) is 26.3 Å². The SMILES string of the molecule is C=S(NS(=O)(=O)c1ccc(C)cc1)c1ccc(Nc2ncc(Br)c(N[C@H](C)C(C)(C)O)n2)cc1. The summed E-state index contributed by atoms with van der Waals surface area (Å²) in [5, 5.41) is 16.5. The van der Waals surface area contributed by atoms with Crippen molar-refractivity contribution in [3.63, 3.8) is 0 Å². The van der Waals surface area contributed by atoms with Crippen LogP contribution in [0.25, 0.3) is 0 Å². The zero-order valence-corrected chi connectivity index (χ0v) is 22.6. The summed E-state index contributed by atoms with van der Waals surface area (Å²) in [6, 6.07) is 13.6. The Labute approximate surface area is 211 Å². The van der Waals surface area contributed by atoms with Crippen LogP contribution in [0.3, 0.4) is 0 Å². The van der Waals surface area contributed by atoms with Crippen molar-refractivity contribution in [2.45, 2.75) is 49.1 Å². The van der Waals surface area contributed by atoms with Crippen LogP contribution in [0.15, 0.2) is 69.0 Å². The van der Waals surface area contributed by atoms with Gasteiger partial charge in [-0.3, -0.25) is 0 Å². The smallest absolute Gasteiger partial charge is 0.249 e. The van der Waals surface area contributed by atoms with Gasteiger partial charge in [0, 0.05) is 16.8 Å². The minimum atomic E-state index is -3.68. The first kappa shape index (κ1) is 26.3. The van der Waals surface area contributed by atoms with Crippen molar-refractivity contribution in [3.8, 4) is 0 Å².